The normalized spacial score (nSPS) is 11.3. The molecule has 0 aliphatic carbocycles. The predicted molar refractivity (Wildman–Crippen MR) is 147 cm³/mol. The summed E-state index contributed by atoms with van der Waals surface area (Å²) in [4.78, 5) is 30.0. The van der Waals surface area contributed by atoms with Crippen LogP contribution in [-0.4, -0.2) is 37.8 Å². The molecule has 0 fully saturated rings. The van der Waals surface area contributed by atoms with Crippen LogP contribution in [-0.2, 0) is 22.3 Å². The minimum absolute atomic E-state index is 0.0186. The first kappa shape index (κ1) is 28.9. The van der Waals surface area contributed by atoms with Crippen molar-refractivity contribution >= 4 is 17.7 Å². The molecule has 0 aliphatic rings. The number of benzene rings is 2. The number of nitriles is 1. The van der Waals surface area contributed by atoms with Crippen molar-refractivity contribution in [3.8, 4) is 23.1 Å². The third-order valence-corrected chi connectivity index (χ3v) is 6.67. The summed E-state index contributed by atoms with van der Waals surface area (Å²) < 4.78 is 53.5. The number of halogens is 3. The molecule has 2 aromatic carbocycles. The van der Waals surface area contributed by atoms with E-state index in [1.807, 2.05) is 0 Å². The number of furan rings is 1. The van der Waals surface area contributed by atoms with E-state index >= 15 is 0 Å². The average molecular weight is 589 g/mol. The second-order valence-electron chi connectivity index (χ2n) is 9.42. The molecule has 0 aliphatic heterocycles. The summed E-state index contributed by atoms with van der Waals surface area (Å²) in [6.07, 6.45) is -3.09. The second-order valence-corrected chi connectivity index (χ2v) is 9.42. The Morgan fingerprint density at radius 3 is 2.51 bits per heavy atom. The van der Waals surface area contributed by atoms with Gasteiger partial charge in [-0.25, -0.2) is 14.5 Å². The fourth-order valence-corrected chi connectivity index (χ4v) is 4.42. The van der Waals surface area contributed by atoms with Gasteiger partial charge in [-0.05, 0) is 49.7 Å². The number of nitrogens with one attached hydrogen (secondary N) is 1. The Balaban J connectivity index is 1.38. The van der Waals surface area contributed by atoms with Crippen LogP contribution in [0, 0.1) is 25.2 Å². The smallest absolute Gasteiger partial charge is 0.416 e. The lowest BCUT2D eigenvalue weighted by Gasteiger charge is -2.12. The van der Waals surface area contributed by atoms with Crippen LogP contribution < -0.4 is 5.32 Å². The Labute approximate surface area is 242 Å². The topological polar surface area (TPSA) is 128 Å². The van der Waals surface area contributed by atoms with E-state index in [1.54, 1.807) is 60.9 Å². The maximum Gasteiger partial charge on any atom is 0.416 e. The van der Waals surface area contributed by atoms with E-state index in [0.717, 1.165) is 22.5 Å². The van der Waals surface area contributed by atoms with Gasteiger partial charge >= 0.3 is 12.1 Å². The fraction of sp³-hybridized carbons (Fsp3) is 0.167. The van der Waals surface area contributed by atoms with Gasteiger partial charge in [0.25, 0.3) is 11.7 Å². The quantitative estimate of drug-likeness (QED) is 0.231. The fourth-order valence-electron chi connectivity index (χ4n) is 4.42. The Bertz CT molecular complexity index is 1830. The molecule has 43 heavy (non-hydrogen) atoms. The molecule has 0 saturated heterocycles. The highest BCUT2D eigenvalue weighted by Gasteiger charge is 2.31. The summed E-state index contributed by atoms with van der Waals surface area (Å²) in [7, 11) is 0. The van der Waals surface area contributed by atoms with Crippen LogP contribution in [0.5, 0.6) is 0 Å². The van der Waals surface area contributed by atoms with Crippen molar-refractivity contribution in [3.05, 3.63) is 107 Å². The van der Waals surface area contributed by atoms with E-state index < -0.39 is 36.0 Å². The number of hydrogen-bond donors (Lipinski definition) is 1. The number of esters is 1. The Morgan fingerprint density at radius 1 is 1.07 bits per heavy atom. The highest BCUT2D eigenvalue weighted by Crippen LogP contribution is 2.31. The lowest BCUT2D eigenvalue weighted by molar-refractivity contribution is -0.137. The van der Waals surface area contributed by atoms with Gasteiger partial charge in [0.2, 0.25) is 0 Å². The van der Waals surface area contributed by atoms with Gasteiger partial charge in [-0.2, -0.15) is 18.4 Å². The zero-order valence-electron chi connectivity index (χ0n) is 22.8. The number of hydrogen-bond acceptors (Lipinski definition) is 7. The minimum Gasteiger partial charge on any atom is -0.467 e. The summed E-state index contributed by atoms with van der Waals surface area (Å²) in [5.74, 6) is -1.36. The van der Waals surface area contributed by atoms with Gasteiger partial charge in [-0.3, -0.25) is 4.79 Å². The molecule has 1 N–H and O–H groups in total. The summed E-state index contributed by atoms with van der Waals surface area (Å²) in [5.41, 5.74) is 1.25. The highest BCUT2D eigenvalue weighted by atomic mass is 19.4. The number of amides is 1. The maximum absolute atomic E-state index is 13.4. The molecule has 5 aromatic rings. The first-order valence-corrected chi connectivity index (χ1v) is 12.9. The molecule has 0 spiro atoms. The van der Waals surface area contributed by atoms with Crippen molar-refractivity contribution in [2.24, 2.45) is 0 Å². The van der Waals surface area contributed by atoms with E-state index in [2.05, 4.69) is 21.5 Å². The number of nitrogens with zero attached hydrogens (tertiary/aromatic N) is 5. The molecule has 13 heteroatoms. The third-order valence-electron chi connectivity index (χ3n) is 6.67. The van der Waals surface area contributed by atoms with Crippen molar-refractivity contribution in [1.29, 1.82) is 5.26 Å². The van der Waals surface area contributed by atoms with Crippen LogP contribution >= 0.6 is 0 Å². The lowest BCUT2D eigenvalue weighted by Crippen LogP contribution is -2.23. The zero-order valence-corrected chi connectivity index (χ0v) is 22.8. The molecule has 10 nitrogen and oxygen atoms in total. The van der Waals surface area contributed by atoms with Gasteiger partial charge in [0.1, 0.15) is 17.6 Å². The molecule has 0 bridgehead atoms. The van der Waals surface area contributed by atoms with Gasteiger partial charge in [-0.15, -0.1) is 5.10 Å². The zero-order chi connectivity index (χ0) is 30.7. The van der Waals surface area contributed by atoms with Crippen LogP contribution in [0.1, 0.15) is 38.8 Å². The molecule has 0 radical (unpaired) electrons. The number of rotatable bonds is 8. The van der Waals surface area contributed by atoms with E-state index in [-0.39, 0.29) is 29.4 Å². The average Bonchev–Trinajstić information content (AvgIpc) is 3.73. The molecule has 0 unspecified atom stereocenters. The molecule has 1 amide bonds. The van der Waals surface area contributed by atoms with Gasteiger partial charge in [0, 0.05) is 11.3 Å². The Kier molecular flexibility index (Phi) is 7.85. The number of ether oxygens (including phenoxy) is 1. The van der Waals surface area contributed by atoms with Crippen LogP contribution in [0.15, 0.2) is 77.4 Å². The van der Waals surface area contributed by atoms with Crippen molar-refractivity contribution in [3.63, 3.8) is 0 Å². The summed E-state index contributed by atoms with van der Waals surface area (Å²) in [6.45, 7) is 3.05. The third kappa shape index (κ3) is 6.03. The molecule has 0 saturated carbocycles. The van der Waals surface area contributed by atoms with Crippen LogP contribution in [0.25, 0.3) is 17.1 Å². The van der Waals surface area contributed by atoms with E-state index in [1.165, 1.54) is 18.4 Å². The molecule has 3 heterocycles. The Hall–Kier alpha value is -5.64. The van der Waals surface area contributed by atoms with E-state index in [0.29, 0.717) is 16.9 Å². The van der Waals surface area contributed by atoms with Gasteiger partial charge < -0.3 is 19.0 Å². The molecule has 0 atom stereocenters. The molecular weight excluding hydrogens is 565 g/mol. The van der Waals surface area contributed by atoms with E-state index in [4.69, 9.17) is 9.15 Å². The maximum atomic E-state index is 13.4. The number of anilines is 1. The number of alkyl halides is 3. The molecule has 3 aromatic heterocycles. The Morgan fingerprint density at radius 2 is 1.84 bits per heavy atom. The van der Waals surface area contributed by atoms with Gasteiger partial charge in [-0.1, -0.05) is 36.4 Å². The predicted octanol–water partition coefficient (Wildman–Crippen LogP) is 5.68. The van der Waals surface area contributed by atoms with Crippen LogP contribution in [0.3, 0.4) is 0 Å². The molecule has 218 valence electrons. The van der Waals surface area contributed by atoms with Crippen molar-refractivity contribution < 1.29 is 31.9 Å². The van der Waals surface area contributed by atoms with Crippen molar-refractivity contribution in [1.82, 2.24) is 19.3 Å². The van der Waals surface area contributed by atoms with Gasteiger partial charge in [0.15, 0.2) is 12.4 Å². The number of aromatic nitrogens is 4. The lowest BCUT2D eigenvalue weighted by atomic mass is 10.2. The second kappa shape index (κ2) is 11.7. The van der Waals surface area contributed by atoms with Crippen LogP contribution in [0.2, 0.25) is 0 Å². The number of carbonyl (C=O) groups excluding carboxylic acids is 2. The summed E-state index contributed by atoms with van der Waals surface area (Å²) in [5, 5.41) is 16.5. The van der Waals surface area contributed by atoms with E-state index in [9.17, 15) is 28.0 Å². The standard InChI is InChI=1S/C30H23F3N6O4/c1-18-19(2)38(16-23-12-7-13-42-23)28(24(18)15-34)35-25(40)17-43-29(41)26-36-27(20-8-4-3-5-9-20)39(37-26)22-11-6-10-21(14-22)30(31,32)33/h3-14H,16-17H2,1-2H3,(H,35,40). The number of carbonyl (C=O) groups is 2. The van der Waals surface area contributed by atoms with Crippen molar-refractivity contribution in [2.75, 3.05) is 11.9 Å². The highest BCUT2D eigenvalue weighted by molar-refractivity contribution is 5.95. The molecular formula is C30H23F3N6O4. The first-order chi connectivity index (χ1) is 20.6. The van der Waals surface area contributed by atoms with Crippen LogP contribution in [0.4, 0.5) is 19.0 Å². The van der Waals surface area contributed by atoms with Crippen molar-refractivity contribution in [2.45, 2.75) is 26.6 Å². The first-order valence-electron chi connectivity index (χ1n) is 12.9. The van der Waals surface area contributed by atoms with Gasteiger partial charge in [0.05, 0.1) is 29.6 Å². The summed E-state index contributed by atoms with van der Waals surface area (Å²) >= 11 is 0. The largest absolute Gasteiger partial charge is 0.467 e. The SMILES string of the molecule is Cc1c(C#N)c(NC(=O)COC(=O)c2nc(-c3ccccc3)n(-c3cccc(C(F)(F)F)c3)n2)n(Cc2ccco2)c1C. The monoisotopic (exact) mass is 588 g/mol. The minimum atomic E-state index is -4.60. The summed E-state index contributed by atoms with van der Waals surface area (Å²) in [6, 6.07) is 18.4. The molecule has 5 rings (SSSR count).